The fourth-order valence-corrected chi connectivity index (χ4v) is 2.91. The Morgan fingerprint density at radius 2 is 1.65 bits per heavy atom. The first-order chi connectivity index (χ1) is 9.04. The molecule has 0 aromatic heterocycles. The van der Waals surface area contributed by atoms with E-state index in [-0.39, 0.29) is 11.6 Å². The summed E-state index contributed by atoms with van der Waals surface area (Å²) in [5, 5.41) is 3.10. The molecule has 0 saturated heterocycles. The first-order valence-electron chi connectivity index (χ1n) is 6.73. The highest BCUT2D eigenvalue weighted by molar-refractivity contribution is 7.92. The zero-order valence-corrected chi connectivity index (χ0v) is 13.7. The van der Waals surface area contributed by atoms with Gasteiger partial charge in [0.1, 0.15) is 5.82 Å². The van der Waals surface area contributed by atoms with Crippen LogP contribution >= 0.6 is 0 Å². The SMILES string of the molecule is Cc1cc(CNCCS(=O)(=O)C(C)(C)C)cc(C)c1F. The van der Waals surface area contributed by atoms with Crippen molar-refractivity contribution in [2.45, 2.75) is 45.9 Å². The van der Waals surface area contributed by atoms with E-state index in [2.05, 4.69) is 5.32 Å². The smallest absolute Gasteiger partial charge is 0.156 e. The van der Waals surface area contributed by atoms with E-state index in [1.165, 1.54) is 0 Å². The summed E-state index contributed by atoms with van der Waals surface area (Å²) in [6.45, 7) is 9.52. The van der Waals surface area contributed by atoms with Crippen molar-refractivity contribution >= 4 is 9.84 Å². The average molecular weight is 301 g/mol. The van der Waals surface area contributed by atoms with Crippen molar-refractivity contribution in [2.24, 2.45) is 0 Å². The van der Waals surface area contributed by atoms with Crippen LogP contribution in [0.4, 0.5) is 4.39 Å². The molecule has 5 heteroatoms. The van der Waals surface area contributed by atoms with E-state index in [0.717, 1.165) is 5.56 Å². The van der Waals surface area contributed by atoms with E-state index in [4.69, 9.17) is 0 Å². The zero-order chi connectivity index (χ0) is 15.6. The Morgan fingerprint density at radius 3 is 2.10 bits per heavy atom. The molecule has 0 unspecified atom stereocenters. The second-order valence-electron chi connectivity index (χ2n) is 6.15. The Morgan fingerprint density at radius 1 is 1.15 bits per heavy atom. The largest absolute Gasteiger partial charge is 0.312 e. The van der Waals surface area contributed by atoms with Crippen LogP contribution in [0.15, 0.2) is 12.1 Å². The lowest BCUT2D eigenvalue weighted by molar-refractivity contribution is 0.555. The first-order valence-corrected chi connectivity index (χ1v) is 8.38. The number of nitrogens with one attached hydrogen (secondary N) is 1. The summed E-state index contributed by atoms with van der Waals surface area (Å²) < 4.78 is 36.6. The molecule has 0 atom stereocenters. The Balaban J connectivity index is 2.55. The van der Waals surface area contributed by atoms with E-state index >= 15 is 0 Å². The third-order valence-corrected chi connectivity index (χ3v) is 5.91. The monoisotopic (exact) mass is 301 g/mol. The fraction of sp³-hybridized carbons (Fsp3) is 0.600. The quantitative estimate of drug-likeness (QED) is 0.851. The minimum atomic E-state index is -3.10. The van der Waals surface area contributed by atoms with Gasteiger partial charge in [0, 0.05) is 13.1 Å². The third-order valence-electron chi connectivity index (χ3n) is 3.31. The van der Waals surface area contributed by atoms with Crippen LogP contribution in [0.3, 0.4) is 0 Å². The minimum Gasteiger partial charge on any atom is -0.312 e. The molecule has 0 heterocycles. The normalized spacial score (nSPS) is 12.7. The standard InChI is InChI=1S/C15H24FNO2S/c1-11-8-13(9-12(2)14(11)16)10-17-6-7-20(18,19)15(3,4)5/h8-9,17H,6-7,10H2,1-5H3. The fourth-order valence-electron chi connectivity index (χ4n) is 1.88. The van der Waals surface area contributed by atoms with E-state index < -0.39 is 14.6 Å². The molecule has 1 aromatic carbocycles. The second kappa shape index (κ2) is 6.22. The topological polar surface area (TPSA) is 46.2 Å². The lowest BCUT2D eigenvalue weighted by Gasteiger charge is -2.19. The molecule has 0 aliphatic heterocycles. The van der Waals surface area contributed by atoms with Gasteiger partial charge in [-0.2, -0.15) is 0 Å². The molecule has 0 aliphatic rings. The van der Waals surface area contributed by atoms with Gasteiger partial charge in [-0.3, -0.25) is 0 Å². The van der Waals surface area contributed by atoms with Crippen LogP contribution in [0, 0.1) is 19.7 Å². The van der Waals surface area contributed by atoms with Gasteiger partial charge in [-0.15, -0.1) is 0 Å². The molecule has 114 valence electrons. The number of halogens is 1. The maximum absolute atomic E-state index is 13.5. The van der Waals surface area contributed by atoms with Gasteiger partial charge in [-0.05, 0) is 51.3 Å². The Bertz CT molecular complexity index is 551. The Hall–Kier alpha value is -0.940. The number of aryl methyl sites for hydroxylation is 2. The first kappa shape index (κ1) is 17.1. The molecule has 1 N–H and O–H groups in total. The predicted octanol–water partition coefficient (Wildman–Crippen LogP) is 2.75. The molecule has 0 aliphatic carbocycles. The molecule has 1 aromatic rings. The number of rotatable bonds is 5. The summed E-state index contributed by atoms with van der Waals surface area (Å²) in [5.41, 5.74) is 2.20. The average Bonchev–Trinajstić information content (AvgIpc) is 2.30. The predicted molar refractivity (Wildman–Crippen MR) is 81.1 cm³/mol. The molecule has 20 heavy (non-hydrogen) atoms. The van der Waals surface area contributed by atoms with Crippen molar-refractivity contribution < 1.29 is 12.8 Å². The summed E-state index contributed by atoms with van der Waals surface area (Å²) >= 11 is 0. The summed E-state index contributed by atoms with van der Waals surface area (Å²) in [6.07, 6.45) is 0. The third kappa shape index (κ3) is 4.28. The molecular weight excluding hydrogens is 277 g/mol. The van der Waals surface area contributed by atoms with E-state index in [1.54, 1.807) is 46.8 Å². The van der Waals surface area contributed by atoms with Gasteiger partial charge in [0.15, 0.2) is 9.84 Å². The van der Waals surface area contributed by atoms with Crippen molar-refractivity contribution in [1.29, 1.82) is 0 Å². The number of benzene rings is 1. The maximum atomic E-state index is 13.5. The second-order valence-corrected chi connectivity index (χ2v) is 9.01. The van der Waals surface area contributed by atoms with Crippen LogP contribution in [0.1, 0.15) is 37.5 Å². The zero-order valence-electron chi connectivity index (χ0n) is 12.9. The van der Waals surface area contributed by atoms with E-state index in [0.29, 0.717) is 24.2 Å². The van der Waals surface area contributed by atoms with Gasteiger partial charge in [-0.1, -0.05) is 12.1 Å². The van der Waals surface area contributed by atoms with Crippen molar-refractivity contribution in [3.63, 3.8) is 0 Å². The lowest BCUT2D eigenvalue weighted by atomic mass is 10.1. The minimum absolute atomic E-state index is 0.107. The molecule has 0 bridgehead atoms. The maximum Gasteiger partial charge on any atom is 0.156 e. The molecule has 0 radical (unpaired) electrons. The molecule has 0 fully saturated rings. The van der Waals surface area contributed by atoms with Gasteiger partial charge in [0.2, 0.25) is 0 Å². The summed E-state index contributed by atoms with van der Waals surface area (Å²) in [4.78, 5) is 0. The van der Waals surface area contributed by atoms with Gasteiger partial charge in [0.05, 0.1) is 10.5 Å². The Labute approximate surface area is 121 Å². The summed E-state index contributed by atoms with van der Waals surface area (Å²) in [5.74, 6) is -0.0700. The van der Waals surface area contributed by atoms with Gasteiger partial charge in [-0.25, -0.2) is 12.8 Å². The van der Waals surface area contributed by atoms with Gasteiger partial charge >= 0.3 is 0 Å². The van der Waals surface area contributed by atoms with Crippen molar-refractivity contribution in [1.82, 2.24) is 5.32 Å². The van der Waals surface area contributed by atoms with Crippen LogP contribution in [0.5, 0.6) is 0 Å². The van der Waals surface area contributed by atoms with E-state index in [1.807, 2.05) is 0 Å². The van der Waals surface area contributed by atoms with Crippen molar-refractivity contribution in [2.75, 3.05) is 12.3 Å². The van der Waals surface area contributed by atoms with Gasteiger partial charge in [0.25, 0.3) is 0 Å². The molecule has 0 amide bonds. The molecule has 0 saturated carbocycles. The van der Waals surface area contributed by atoms with Crippen LogP contribution < -0.4 is 5.32 Å². The lowest BCUT2D eigenvalue weighted by Crippen LogP contribution is -2.34. The van der Waals surface area contributed by atoms with Crippen molar-refractivity contribution in [3.8, 4) is 0 Å². The molecule has 1 rings (SSSR count). The van der Waals surface area contributed by atoms with Crippen molar-refractivity contribution in [3.05, 3.63) is 34.6 Å². The summed E-state index contributed by atoms with van der Waals surface area (Å²) in [6, 6.07) is 3.57. The molecular formula is C15H24FNO2S. The Kier molecular flexibility index (Phi) is 5.33. The van der Waals surface area contributed by atoms with Gasteiger partial charge < -0.3 is 5.32 Å². The molecule has 3 nitrogen and oxygen atoms in total. The van der Waals surface area contributed by atoms with E-state index in [9.17, 15) is 12.8 Å². The number of hydrogen-bond donors (Lipinski definition) is 1. The summed E-state index contributed by atoms with van der Waals surface area (Å²) in [7, 11) is -3.10. The highest BCUT2D eigenvalue weighted by Gasteiger charge is 2.27. The van der Waals surface area contributed by atoms with Crippen LogP contribution in [-0.4, -0.2) is 25.5 Å². The number of sulfone groups is 1. The van der Waals surface area contributed by atoms with Crippen LogP contribution in [0.2, 0.25) is 0 Å². The molecule has 0 spiro atoms. The highest BCUT2D eigenvalue weighted by atomic mass is 32.2. The number of hydrogen-bond acceptors (Lipinski definition) is 3. The van der Waals surface area contributed by atoms with Crippen LogP contribution in [-0.2, 0) is 16.4 Å². The van der Waals surface area contributed by atoms with Crippen LogP contribution in [0.25, 0.3) is 0 Å². The highest BCUT2D eigenvalue weighted by Crippen LogP contribution is 2.16.